The minimum Gasteiger partial charge on any atom is -0.351 e. The first kappa shape index (κ1) is 18.0. The largest absolute Gasteiger partial charge is 0.351 e. The number of hydrogen-bond acceptors (Lipinski definition) is 5. The fraction of sp³-hybridized carbons (Fsp3) is 0.150. The van der Waals surface area contributed by atoms with Gasteiger partial charge < -0.3 is 10.2 Å². The topological polar surface area (TPSA) is 66.5 Å². The average molecular weight is 369 g/mol. The summed E-state index contributed by atoms with van der Waals surface area (Å²) in [5, 5.41) is 2.76. The van der Waals surface area contributed by atoms with Crippen LogP contribution in [0.2, 0.25) is 0 Å². The van der Waals surface area contributed by atoms with E-state index >= 15 is 0 Å². The van der Waals surface area contributed by atoms with Crippen molar-refractivity contribution in [3.63, 3.8) is 0 Å². The number of benzene rings is 2. The van der Waals surface area contributed by atoms with Crippen LogP contribution in [0.1, 0.15) is 31.1 Å². The number of halogens is 1. The first-order valence-corrected chi connectivity index (χ1v) is 8.39. The number of allylic oxidation sites excluding steroid dienone is 2. The lowest BCUT2D eigenvalue weighted by Crippen LogP contribution is -2.24. The summed E-state index contributed by atoms with van der Waals surface area (Å²) in [4.78, 5) is 39.1. The third-order valence-electron chi connectivity index (χ3n) is 3.98. The summed E-state index contributed by atoms with van der Waals surface area (Å²) in [6.07, 6.45) is 0. The molecule has 0 saturated heterocycles. The molecular weight excluding hydrogens is 352 g/mol. The SMILES string of the molecule is CN(C)CC(=O)c1cccc(NC2=C(Cl)C(=O)c3ccccc3C2=O)c1. The van der Waals surface area contributed by atoms with E-state index in [0.717, 1.165) is 0 Å². The monoisotopic (exact) mass is 368 g/mol. The summed E-state index contributed by atoms with van der Waals surface area (Å²) in [7, 11) is 3.63. The van der Waals surface area contributed by atoms with Crippen LogP contribution in [-0.4, -0.2) is 42.9 Å². The Morgan fingerprint density at radius 2 is 1.65 bits per heavy atom. The van der Waals surface area contributed by atoms with Crippen LogP contribution in [0.15, 0.2) is 59.3 Å². The highest BCUT2D eigenvalue weighted by molar-refractivity contribution is 6.50. The van der Waals surface area contributed by atoms with E-state index in [9.17, 15) is 14.4 Å². The summed E-state index contributed by atoms with van der Waals surface area (Å²) in [5.41, 5.74) is 1.65. The van der Waals surface area contributed by atoms with Gasteiger partial charge in [-0.25, -0.2) is 0 Å². The predicted molar refractivity (Wildman–Crippen MR) is 101 cm³/mol. The number of nitrogens with one attached hydrogen (secondary N) is 1. The zero-order chi connectivity index (χ0) is 18.8. The summed E-state index contributed by atoms with van der Waals surface area (Å²) in [6.45, 7) is 0.275. The maximum atomic E-state index is 12.7. The minimum atomic E-state index is -0.399. The predicted octanol–water partition coefficient (Wildman–Crippen LogP) is 3.37. The number of Topliss-reactive ketones (excluding diaryl/α,β-unsaturated/α-hetero) is 3. The van der Waals surface area contributed by atoms with Crippen LogP contribution in [0.3, 0.4) is 0 Å². The third-order valence-corrected chi connectivity index (χ3v) is 4.34. The van der Waals surface area contributed by atoms with Crippen molar-refractivity contribution >= 4 is 34.6 Å². The Labute approximate surface area is 156 Å². The van der Waals surface area contributed by atoms with E-state index in [1.165, 1.54) is 0 Å². The lowest BCUT2D eigenvalue weighted by Gasteiger charge is -2.19. The van der Waals surface area contributed by atoms with Gasteiger partial charge in [-0.2, -0.15) is 0 Å². The lowest BCUT2D eigenvalue weighted by molar-refractivity contribution is 0.0957. The molecule has 1 aliphatic rings. The molecule has 0 spiro atoms. The van der Waals surface area contributed by atoms with E-state index < -0.39 is 5.78 Å². The van der Waals surface area contributed by atoms with Gasteiger partial charge in [0.1, 0.15) is 10.7 Å². The molecule has 6 heteroatoms. The van der Waals surface area contributed by atoms with E-state index in [2.05, 4.69) is 5.32 Å². The van der Waals surface area contributed by atoms with Gasteiger partial charge in [-0.15, -0.1) is 0 Å². The van der Waals surface area contributed by atoms with Crippen LogP contribution in [0, 0.1) is 0 Å². The summed E-state index contributed by atoms with van der Waals surface area (Å²) in [5.74, 6) is -0.797. The molecule has 5 nitrogen and oxygen atoms in total. The van der Waals surface area contributed by atoms with E-state index in [0.29, 0.717) is 22.4 Å². The molecule has 132 valence electrons. The van der Waals surface area contributed by atoms with Gasteiger partial charge in [0.15, 0.2) is 5.78 Å². The van der Waals surface area contributed by atoms with E-state index in [4.69, 9.17) is 11.6 Å². The molecule has 1 N–H and O–H groups in total. The Morgan fingerprint density at radius 3 is 2.31 bits per heavy atom. The number of likely N-dealkylation sites (N-methyl/N-ethyl adjacent to an activating group) is 1. The first-order chi connectivity index (χ1) is 12.4. The second kappa shape index (κ2) is 7.23. The van der Waals surface area contributed by atoms with Crippen LogP contribution >= 0.6 is 11.6 Å². The highest BCUT2D eigenvalue weighted by Crippen LogP contribution is 2.29. The van der Waals surface area contributed by atoms with Crippen LogP contribution in [-0.2, 0) is 0 Å². The molecule has 2 aromatic carbocycles. The van der Waals surface area contributed by atoms with Crippen molar-refractivity contribution in [2.24, 2.45) is 0 Å². The molecule has 0 aromatic heterocycles. The van der Waals surface area contributed by atoms with E-state index in [1.54, 1.807) is 53.4 Å². The molecule has 0 amide bonds. The summed E-state index contributed by atoms with van der Waals surface area (Å²) < 4.78 is 0. The van der Waals surface area contributed by atoms with Crippen LogP contribution < -0.4 is 5.32 Å². The Kier molecular flexibility index (Phi) is 5.02. The van der Waals surface area contributed by atoms with Gasteiger partial charge in [0, 0.05) is 22.4 Å². The summed E-state index contributed by atoms with van der Waals surface area (Å²) in [6, 6.07) is 13.3. The highest BCUT2D eigenvalue weighted by atomic mass is 35.5. The van der Waals surface area contributed by atoms with Crippen molar-refractivity contribution < 1.29 is 14.4 Å². The molecular formula is C20H17ClN2O3. The van der Waals surface area contributed by atoms with Gasteiger partial charge in [-0.3, -0.25) is 14.4 Å². The average Bonchev–Trinajstić information content (AvgIpc) is 2.63. The van der Waals surface area contributed by atoms with Gasteiger partial charge in [-0.1, -0.05) is 48.0 Å². The van der Waals surface area contributed by atoms with Crippen LogP contribution in [0.25, 0.3) is 0 Å². The van der Waals surface area contributed by atoms with E-state index in [-0.39, 0.29) is 28.8 Å². The number of nitrogens with zero attached hydrogens (tertiary/aromatic N) is 1. The van der Waals surface area contributed by atoms with Crippen molar-refractivity contribution in [3.05, 3.63) is 76.0 Å². The molecule has 3 rings (SSSR count). The van der Waals surface area contributed by atoms with Crippen molar-refractivity contribution in [2.45, 2.75) is 0 Å². The Morgan fingerprint density at radius 1 is 1.00 bits per heavy atom. The smallest absolute Gasteiger partial charge is 0.211 e. The minimum absolute atomic E-state index is 0.0209. The quantitative estimate of drug-likeness (QED) is 0.819. The maximum Gasteiger partial charge on any atom is 0.211 e. The van der Waals surface area contributed by atoms with Crippen LogP contribution in [0.4, 0.5) is 5.69 Å². The molecule has 26 heavy (non-hydrogen) atoms. The molecule has 2 aromatic rings. The molecule has 0 bridgehead atoms. The molecule has 0 aliphatic heterocycles. The van der Waals surface area contributed by atoms with Gasteiger partial charge in [0.25, 0.3) is 0 Å². The number of ketones is 3. The van der Waals surface area contributed by atoms with Crippen LogP contribution in [0.5, 0.6) is 0 Å². The van der Waals surface area contributed by atoms with Crippen molar-refractivity contribution in [2.75, 3.05) is 26.0 Å². The fourth-order valence-electron chi connectivity index (χ4n) is 2.75. The Hall–Kier alpha value is -2.76. The first-order valence-electron chi connectivity index (χ1n) is 8.01. The fourth-order valence-corrected chi connectivity index (χ4v) is 2.98. The molecule has 0 atom stereocenters. The highest BCUT2D eigenvalue weighted by Gasteiger charge is 2.31. The second-order valence-corrected chi connectivity index (χ2v) is 6.64. The van der Waals surface area contributed by atoms with Gasteiger partial charge >= 0.3 is 0 Å². The normalized spacial score (nSPS) is 13.8. The van der Waals surface area contributed by atoms with Gasteiger partial charge in [0.05, 0.1) is 6.54 Å². The second-order valence-electron chi connectivity index (χ2n) is 6.26. The number of fused-ring (bicyclic) bond motifs is 1. The van der Waals surface area contributed by atoms with Gasteiger partial charge in [-0.05, 0) is 26.2 Å². The molecule has 0 radical (unpaired) electrons. The standard InChI is InChI=1S/C20H17ClN2O3/c1-23(2)11-16(24)12-6-5-7-13(10-12)22-18-17(21)19(25)14-8-3-4-9-15(14)20(18)26/h3-10,22H,11H2,1-2H3. The number of rotatable bonds is 5. The van der Waals surface area contributed by atoms with E-state index in [1.807, 2.05) is 14.1 Å². The number of carbonyl (C=O) groups excluding carboxylic acids is 3. The molecule has 1 aliphatic carbocycles. The molecule has 0 heterocycles. The molecule has 0 unspecified atom stereocenters. The zero-order valence-corrected chi connectivity index (χ0v) is 15.1. The Balaban J connectivity index is 1.92. The van der Waals surface area contributed by atoms with Gasteiger partial charge in [0.2, 0.25) is 11.6 Å². The number of anilines is 1. The Bertz CT molecular complexity index is 948. The summed E-state index contributed by atoms with van der Waals surface area (Å²) >= 11 is 6.15. The lowest BCUT2D eigenvalue weighted by atomic mass is 9.92. The maximum absolute atomic E-state index is 12.7. The molecule has 0 fully saturated rings. The third kappa shape index (κ3) is 3.45. The number of carbonyl (C=O) groups is 3. The molecule has 0 saturated carbocycles. The van der Waals surface area contributed by atoms with Crippen molar-refractivity contribution in [3.8, 4) is 0 Å². The van der Waals surface area contributed by atoms with Crippen molar-refractivity contribution in [1.29, 1.82) is 0 Å². The number of hydrogen-bond donors (Lipinski definition) is 1. The zero-order valence-electron chi connectivity index (χ0n) is 14.4. The van der Waals surface area contributed by atoms with Crippen molar-refractivity contribution in [1.82, 2.24) is 4.90 Å².